The molecule has 28 heavy (non-hydrogen) atoms. The average Bonchev–Trinajstić information content (AvgIpc) is 3.43. The van der Waals surface area contributed by atoms with Crippen LogP contribution in [-0.2, 0) is 0 Å². The fourth-order valence-electron chi connectivity index (χ4n) is 3.17. The first-order valence-corrected chi connectivity index (χ1v) is 9.07. The number of rotatable bonds is 4. The van der Waals surface area contributed by atoms with Crippen LogP contribution in [-0.4, -0.2) is 25.0 Å². The standard InChI is InChI=1S/C23H17N5/c1-4-10-17(11-5-1)21-22(18-12-6-2-7-13-18)26-23(25-21)20-16-24-28(27-20)19-14-8-3-9-15-19/h1-16H,(H,25,26). The van der Waals surface area contributed by atoms with E-state index in [-0.39, 0.29) is 0 Å². The highest BCUT2D eigenvalue weighted by atomic mass is 15.5. The zero-order valence-electron chi connectivity index (χ0n) is 15.0. The minimum Gasteiger partial charge on any atom is -0.336 e. The molecule has 5 rings (SSSR count). The number of aromatic amines is 1. The Labute approximate surface area is 162 Å². The normalized spacial score (nSPS) is 10.9. The number of hydrogen-bond acceptors (Lipinski definition) is 3. The molecule has 0 atom stereocenters. The Morgan fingerprint density at radius 1 is 0.679 bits per heavy atom. The number of hydrogen-bond donors (Lipinski definition) is 1. The summed E-state index contributed by atoms with van der Waals surface area (Å²) in [5, 5.41) is 9.00. The summed E-state index contributed by atoms with van der Waals surface area (Å²) in [4.78, 5) is 9.93. The highest BCUT2D eigenvalue weighted by Gasteiger charge is 2.17. The van der Waals surface area contributed by atoms with Gasteiger partial charge in [0.05, 0.1) is 23.3 Å². The van der Waals surface area contributed by atoms with E-state index in [1.807, 2.05) is 66.7 Å². The van der Waals surface area contributed by atoms with Crippen molar-refractivity contribution in [3.05, 3.63) is 97.2 Å². The Morgan fingerprint density at radius 2 is 1.29 bits per heavy atom. The zero-order valence-corrected chi connectivity index (χ0v) is 15.0. The van der Waals surface area contributed by atoms with Crippen molar-refractivity contribution in [2.24, 2.45) is 0 Å². The van der Waals surface area contributed by atoms with Crippen molar-refractivity contribution >= 4 is 0 Å². The summed E-state index contributed by atoms with van der Waals surface area (Å²) in [5.74, 6) is 0.694. The van der Waals surface area contributed by atoms with Crippen molar-refractivity contribution in [2.45, 2.75) is 0 Å². The lowest BCUT2D eigenvalue weighted by Gasteiger charge is -2.02. The Hall–Kier alpha value is -3.99. The Morgan fingerprint density at radius 3 is 1.96 bits per heavy atom. The van der Waals surface area contributed by atoms with Gasteiger partial charge in [-0.2, -0.15) is 9.90 Å². The van der Waals surface area contributed by atoms with Gasteiger partial charge in [0.2, 0.25) is 0 Å². The van der Waals surface area contributed by atoms with Gasteiger partial charge in [-0.25, -0.2) is 4.98 Å². The molecule has 0 saturated carbocycles. The molecule has 0 spiro atoms. The number of benzene rings is 3. The van der Waals surface area contributed by atoms with Crippen LogP contribution in [0.2, 0.25) is 0 Å². The molecule has 0 radical (unpaired) electrons. The number of imidazole rings is 1. The third-order valence-electron chi connectivity index (χ3n) is 4.54. The summed E-state index contributed by atoms with van der Waals surface area (Å²) in [6, 6.07) is 30.2. The van der Waals surface area contributed by atoms with Crippen LogP contribution in [0, 0.1) is 0 Å². The fraction of sp³-hybridized carbons (Fsp3) is 0. The van der Waals surface area contributed by atoms with Gasteiger partial charge in [0.25, 0.3) is 0 Å². The smallest absolute Gasteiger partial charge is 0.160 e. The molecule has 0 bridgehead atoms. The molecule has 0 aliphatic carbocycles. The van der Waals surface area contributed by atoms with Gasteiger partial charge in [0, 0.05) is 11.1 Å². The first kappa shape index (κ1) is 16.2. The molecule has 5 nitrogen and oxygen atoms in total. The quantitative estimate of drug-likeness (QED) is 0.489. The van der Waals surface area contributed by atoms with Gasteiger partial charge in [-0.1, -0.05) is 78.9 Å². The predicted molar refractivity (Wildman–Crippen MR) is 110 cm³/mol. The second kappa shape index (κ2) is 6.96. The highest BCUT2D eigenvalue weighted by Crippen LogP contribution is 2.32. The molecule has 0 aliphatic rings. The fourth-order valence-corrected chi connectivity index (χ4v) is 3.17. The molecule has 2 heterocycles. The zero-order chi connectivity index (χ0) is 18.8. The van der Waals surface area contributed by atoms with Gasteiger partial charge >= 0.3 is 0 Å². The van der Waals surface area contributed by atoms with Crippen LogP contribution in [0.5, 0.6) is 0 Å². The van der Waals surface area contributed by atoms with E-state index in [4.69, 9.17) is 4.98 Å². The minimum atomic E-state index is 0.694. The molecule has 134 valence electrons. The number of para-hydroxylation sites is 1. The number of nitrogens with one attached hydrogen (secondary N) is 1. The third kappa shape index (κ3) is 2.99. The van der Waals surface area contributed by atoms with Crippen molar-refractivity contribution < 1.29 is 0 Å². The molecule has 1 N–H and O–H groups in total. The van der Waals surface area contributed by atoms with Crippen LogP contribution in [0.25, 0.3) is 39.7 Å². The summed E-state index contributed by atoms with van der Waals surface area (Å²) < 4.78 is 0. The van der Waals surface area contributed by atoms with Crippen LogP contribution < -0.4 is 0 Å². The van der Waals surface area contributed by atoms with E-state index in [1.54, 1.807) is 11.0 Å². The first-order chi connectivity index (χ1) is 13.9. The van der Waals surface area contributed by atoms with Crippen LogP contribution >= 0.6 is 0 Å². The Bertz CT molecular complexity index is 1130. The number of H-pyrrole nitrogens is 1. The summed E-state index contributed by atoms with van der Waals surface area (Å²) in [7, 11) is 0. The molecule has 3 aromatic carbocycles. The van der Waals surface area contributed by atoms with Crippen LogP contribution in [0.4, 0.5) is 0 Å². The molecule has 0 aliphatic heterocycles. The van der Waals surface area contributed by atoms with Crippen molar-refractivity contribution in [3.63, 3.8) is 0 Å². The maximum absolute atomic E-state index is 4.86. The molecule has 0 fully saturated rings. The lowest BCUT2D eigenvalue weighted by molar-refractivity contribution is 0.753. The summed E-state index contributed by atoms with van der Waals surface area (Å²) in [6.07, 6.45) is 1.73. The number of nitrogens with zero attached hydrogens (tertiary/aromatic N) is 4. The van der Waals surface area contributed by atoms with Crippen molar-refractivity contribution in [1.82, 2.24) is 25.0 Å². The Balaban J connectivity index is 1.62. The van der Waals surface area contributed by atoms with E-state index >= 15 is 0 Å². The van der Waals surface area contributed by atoms with Gasteiger partial charge in [-0.15, -0.1) is 5.10 Å². The lowest BCUT2D eigenvalue weighted by atomic mass is 10.1. The molecular weight excluding hydrogens is 346 g/mol. The maximum Gasteiger partial charge on any atom is 0.160 e. The summed E-state index contributed by atoms with van der Waals surface area (Å²) >= 11 is 0. The highest BCUT2D eigenvalue weighted by molar-refractivity contribution is 5.80. The van der Waals surface area contributed by atoms with Crippen molar-refractivity contribution in [3.8, 4) is 39.7 Å². The summed E-state index contributed by atoms with van der Waals surface area (Å²) in [6.45, 7) is 0. The second-order valence-electron chi connectivity index (χ2n) is 6.40. The minimum absolute atomic E-state index is 0.694. The molecule has 5 heteroatoms. The maximum atomic E-state index is 4.86. The monoisotopic (exact) mass is 363 g/mol. The van der Waals surface area contributed by atoms with E-state index in [1.165, 1.54) is 0 Å². The molecule has 0 amide bonds. The number of aromatic nitrogens is 5. The third-order valence-corrected chi connectivity index (χ3v) is 4.54. The molecule has 5 aromatic rings. The SMILES string of the molecule is c1ccc(-c2nc(-c3cnn(-c4ccccc4)n3)[nH]c2-c2ccccc2)cc1. The van der Waals surface area contributed by atoms with Gasteiger partial charge < -0.3 is 4.98 Å². The second-order valence-corrected chi connectivity index (χ2v) is 6.40. The average molecular weight is 363 g/mol. The van der Waals surface area contributed by atoms with Gasteiger partial charge in [0.1, 0.15) is 5.69 Å². The van der Waals surface area contributed by atoms with E-state index in [0.29, 0.717) is 11.5 Å². The van der Waals surface area contributed by atoms with Crippen LogP contribution in [0.15, 0.2) is 97.2 Å². The van der Waals surface area contributed by atoms with E-state index in [2.05, 4.69) is 39.4 Å². The van der Waals surface area contributed by atoms with E-state index < -0.39 is 0 Å². The largest absolute Gasteiger partial charge is 0.336 e. The van der Waals surface area contributed by atoms with Gasteiger partial charge in [-0.05, 0) is 12.1 Å². The van der Waals surface area contributed by atoms with Crippen LogP contribution in [0.3, 0.4) is 0 Å². The van der Waals surface area contributed by atoms with Gasteiger partial charge in [0.15, 0.2) is 5.82 Å². The molecule has 0 unspecified atom stereocenters. The van der Waals surface area contributed by atoms with Crippen molar-refractivity contribution in [1.29, 1.82) is 0 Å². The summed E-state index contributed by atoms with van der Waals surface area (Å²) in [5.41, 5.74) is 5.61. The van der Waals surface area contributed by atoms with E-state index in [0.717, 1.165) is 28.2 Å². The predicted octanol–water partition coefficient (Wildman–Crippen LogP) is 4.99. The van der Waals surface area contributed by atoms with E-state index in [9.17, 15) is 0 Å². The van der Waals surface area contributed by atoms with Crippen LogP contribution in [0.1, 0.15) is 0 Å². The molecular formula is C23H17N5. The first-order valence-electron chi connectivity index (χ1n) is 9.07. The van der Waals surface area contributed by atoms with Crippen molar-refractivity contribution in [2.75, 3.05) is 0 Å². The molecule has 0 saturated heterocycles. The van der Waals surface area contributed by atoms with Gasteiger partial charge in [-0.3, -0.25) is 0 Å². The topological polar surface area (TPSA) is 59.4 Å². The molecule has 2 aromatic heterocycles. The Kier molecular flexibility index (Phi) is 4.03. The lowest BCUT2D eigenvalue weighted by Crippen LogP contribution is -1.98.